The van der Waals surface area contributed by atoms with Gasteiger partial charge in [-0.3, -0.25) is 14.9 Å². The smallest absolute Gasteiger partial charge is 0.326 e. The van der Waals surface area contributed by atoms with Gasteiger partial charge in [0.25, 0.3) is 0 Å². The molecule has 0 radical (unpaired) electrons. The molecule has 0 saturated carbocycles. The molecule has 7 heteroatoms. The van der Waals surface area contributed by atoms with E-state index in [0.29, 0.717) is 6.54 Å². The Morgan fingerprint density at radius 2 is 2.10 bits per heavy atom. The summed E-state index contributed by atoms with van der Waals surface area (Å²) in [6.45, 7) is 4.36. The maximum absolute atomic E-state index is 11.7. The van der Waals surface area contributed by atoms with E-state index in [9.17, 15) is 14.9 Å². The number of nitro benzene ring substituents is 1. The molecule has 0 aromatic heterocycles. The van der Waals surface area contributed by atoms with Crippen LogP contribution >= 0.6 is 0 Å². The van der Waals surface area contributed by atoms with Gasteiger partial charge in [-0.15, -0.1) is 0 Å². The average Bonchev–Trinajstić information content (AvgIpc) is 2.43. The van der Waals surface area contributed by atoms with E-state index >= 15 is 0 Å². The minimum Gasteiger partial charge on any atom is -0.485 e. The van der Waals surface area contributed by atoms with Crippen LogP contribution < -0.4 is 10.1 Å². The number of carbonyl (C=O) groups is 1. The number of nitrogens with one attached hydrogen (secondary N) is 1. The van der Waals surface area contributed by atoms with E-state index < -0.39 is 16.9 Å². The molecule has 0 amide bonds. The first kappa shape index (κ1) is 15.9. The summed E-state index contributed by atoms with van der Waals surface area (Å²) in [7, 11) is 0. The molecule has 1 aromatic rings. The second-order valence-corrected chi connectivity index (χ2v) is 3.90. The van der Waals surface area contributed by atoms with E-state index in [-0.39, 0.29) is 24.7 Å². The van der Waals surface area contributed by atoms with Gasteiger partial charge < -0.3 is 14.8 Å². The van der Waals surface area contributed by atoms with Gasteiger partial charge >= 0.3 is 11.7 Å². The molecule has 0 bridgehead atoms. The molecule has 0 fully saturated rings. The number of nitrogens with zero attached hydrogens (tertiary/aromatic N) is 1. The molecule has 1 unspecified atom stereocenters. The van der Waals surface area contributed by atoms with E-state index in [1.54, 1.807) is 19.1 Å². The van der Waals surface area contributed by atoms with Crippen molar-refractivity contribution in [2.75, 3.05) is 19.8 Å². The van der Waals surface area contributed by atoms with Gasteiger partial charge in [0, 0.05) is 6.07 Å². The number of likely N-dealkylation sites (N-methyl/N-ethyl adjacent to an activating group) is 1. The topological polar surface area (TPSA) is 90.7 Å². The first-order chi connectivity index (χ1) is 9.60. The van der Waals surface area contributed by atoms with Crippen molar-refractivity contribution < 1.29 is 19.2 Å². The lowest BCUT2D eigenvalue weighted by molar-refractivity contribution is -0.385. The number of ether oxygens (including phenoxy) is 2. The lowest BCUT2D eigenvalue weighted by atomic mass is 10.3. The molecule has 0 aliphatic carbocycles. The molecule has 0 spiro atoms. The van der Waals surface area contributed by atoms with Gasteiger partial charge in [-0.1, -0.05) is 19.1 Å². The summed E-state index contributed by atoms with van der Waals surface area (Å²) in [6, 6.07) is 5.38. The number of para-hydroxylation sites is 2. The summed E-state index contributed by atoms with van der Waals surface area (Å²) in [6.07, 6.45) is 0. The van der Waals surface area contributed by atoms with Crippen LogP contribution in [-0.4, -0.2) is 36.7 Å². The standard InChI is InChI=1S/C13H18N2O5/c1-3-14-10(13(16)19-4-2)9-20-12-8-6-5-7-11(12)15(17)18/h5-8,10,14H,3-4,9H2,1-2H3. The van der Waals surface area contributed by atoms with Gasteiger partial charge in [0.1, 0.15) is 12.6 Å². The molecule has 0 aliphatic heterocycles. The van der Waals surface area contributed by atoms with Crippen LogP contribution in [0.15, 0.2) is 24.3 Å². The van der Waals surface area contributed by atoms with Crippen LogP contribution in [0.2, 0.25) is 0 Å². The Hall–Kier alpha value is -2.15. The van der Waals surface area contributed by atoms with Crippen LogP contribution in [0, 0.1) is 10.1 Å². The van der Waals surface area contributed by atoms with Gasteiger partial charge in [0.2, 0.25) is 0 Å². The number of hydrogen-bond donors (Lipinski definition) is 1. The van der Waals surface area contributed by atoms with E-state index in [1.165, 1.54) is 12.1 Å². The Morgan fingerprint density at radius 3 is 2.70 bits per heavy atom. The van der Waals surface area contributed by atoms with E-state index in [1.807, 2.05) is 6.92 Å². The Balaban J connectivity index is 2.72. The molecule has 0 aliphatic rings. The minimum absolute atomic E-state index is 0.0302. The molecule has 110 valence electrons. The van der Waals surface area contributed by atoms with Crippen LogP contribution in [0.1, 0.15) is 13.8 Å². The van der Waals surface area contributed by atoms with Gasteiger partial charge in [-0.2, -0.15) is 0 Å². The number of hydrogen-bond acceptors (Lipinski definition) is 6. The number of nitro groups is 1. The highest BCUT2D eigenvalue weighted by Crippen LogP contribution is 2.25. The lowest BCUT2D eigenvalue weighted by Crippen LogP contribution is -2.42. The molecule has 0 heterocycles. The van der Waals surface area contributed by atoms with Crippen molar-refractivity contribution in [3.63, 3.8) is 0 Å². The van der Waals surface area contributed by atoms with Crippen LogP contribution in [0.3, 0.4) is 0 Å². The van der Waals surface area contributed by atoms with Crippen molar-refractivity contribution in [2.24, 2.45) is 0 Å². The number of esters is 1. The number of rotatable bonds is 8. The first-order valence-electron chi connectivity index (χ1n) is 6.36. The predicted molar refractivity (Wildman–Crippen MR) is 72.7 cm³/mol. The maximum Gasteiger partial charge on any atom is 0.326 e. The minimum atomic E-state index is -0.653. The highest BCUT2D eigenvalue weighted by atomic mass is 16.6. The van der Waals surface area contributed by atoms with Crippen molar-refractivity contribution in [2.45, 2.75) is 19.9 Å². The fourth-order valence-corrected chi connectivity index (χ4v) is 1.60. The largest absolute Gasteiger partial charge is 0.485 e. The summed E-state index contributed by atoms with van der Waals surface area (Å²) in [5.74, 6) is -0.308. The van der Waals surface area contributed by atoms with Gasteiger partial charge in [0.05, 0.1) is 11.5 Å². The molecule has 1 N–H and O–H groups in total. The Morgan fingerprint density at radius 1 is 1.40 bits per heavy atom. The predicted octanol–water partition coefficient (Wildman–Crippen LogP) is 1.51. The number of carbonyl (C=O) groups excluding carboxylic acids is 1. The SMILES string of the molecule is CCNC(COc1ccccc1[N+](=O)[O-])C(=O)OCC. The maximum atomic E-state index is 11.7. The third kappa shape index (κ3) is 4.51. The monoisotopic (exact) mass is 282 g/mol. The Bertz CT molecular complexity index is 464. The van der Waals surface area contributed by atoms with Crippen molar-refractivity contribution in [1.82, 2.24) is 5.32 Å². The summed E-state index contributed by atoms with van der Waals surface area (Å²) < 4.78 is 10.3. The van der Waals surface area contributed by atoms with E-state index in [0.717, 1.165) is 0 Å². The second-order valence-electron chi connectivity index (χ2n) is 3.90. The quantitative estimate of drug-likeness (QED) is 0.441. The summed E-state index contributed by atoms with van der Waals surface area (Å²) in [5, 5.41) is 13.8. The molecular weight excluding hydrogens is 264 g/mol. The fourth-order valence-electron chi connectivity index (χ4n) is 1.60. The molecule has 1 atom stereocenters. The van der Waals surface area contributed by atoms with Crippen molar-refractivity contribution >= 4 is 11.7 Å². The highest BCUT2D eigenvalue weighted by molar-refractivity contribution is 5.76. The number of benzene rings is 1. The van der Waals surface area contributed by atoms with Crippen molar-refractivity contribution in [3.8, 4) is 5.75 Å². The zero-order valence-electron chi connectivity index (χ0n) is 11.5. The summed E-state index contributed by atoms with van der Waals surface area (Å²) in [5.41, 5.74) is -0.133. The van der Waals surface area contributed by atoms with E-state index in [4.69, 9.17) is 9.47 Å². The Labute approximate surface area is 117 Å². The average molecular weight is 282 g/mol. The lowest BCUT2D eigenvalue weighted by Gasteiger charge is -2.16. The van der Waals surface area contributed by atoms with Crippen molar-refractivity contribution in [1.29, 1.82) is 0 Å². The van der Waals surface area contributed by atoms with Crippen LogP contribution in [0.5, 0.6) is 5.75 Å². The van der Waals surface area contributed by atoms with Crippen LogP contribution in [-0.2, 0) is 9.53 Å². The summed E-state index contributed by atoms with van der Waals surface area (Å²) in [4.78, 5) is 22.0. The van der Waals surface area contributed by atoms with Gasteiger partial charge in [-0.05, 0) is 19.5 Å². The van der Waals surface area contributed by atoms with Crippen LogP contribution in [0.25, 0.3) is 0 Å². The van der Waals surface area contributed by atoms with E-state index in [2.05, 4.69) is 5.32 Å². The van der Waals surface area contributed by atoms with Crippen LogP contribution in [0.4, 0.5) is 5.69 Å². The third-order valence-corrected chi connectivity index (χ3v) is 2.49. The normalized spacial score (nSPS) is 11.7. The van der Waals surface area contributed by atoms with Crippen molar-refractivity contribution in [3.05, 3.63) is 34.4 Å². The van der Waals surface area contributed by atoms with Gasteiger partial charge in [-0.25, -0.2) is 0 Å². The molecule has 20 heavy (non-hydrogen) atoms. The zero-order chi connectivity index (χ0) is 15.0. The molecule has 0 saturated heterocycles. The highest BCUT2D eigenvalue weighted by Gasteiger charge is 2.21. The molecule has 1 rings (SSSR count). The molecule has 1 aromatic carbocycles. The molecular formula is C13H18N2O5. The summed E-state index contributed by atoms with van der Waals surface area (Å²) >= 11 is 0. The van der Waals surface area contributed by atoms with Gasteiger partial charge in [0.15, 0.2) is 5.75 Å². The molecule has 7 nitrogen and oxygen atoms in total. The Kier molecular flexibility index (Phi) is 6.45. The second kappa shape index (κ2) is 8.11. The third-order valence-electron chi connectivity index (χ3n) is 2.49. The first-order valence-corrected chi connectivity index (χ1v) is 6.36. The zero-order valence-corrected chi connectivity index (χ0v) is 11.5. The fraction of sp³-hybridized carbons (Fsp3) is 0.462.